The van der Waals surface area contributed by atoms with Crippen molar-refractivity contribution in [3.63, 3.8) is 0 Å². The highest BCUT2D eigenvalue weighted by atomic mass is 32.2. The molecular weight excluding hydrogens is 1030 g/mol. The van der Waals surface area contributed by atoms with Gasteiger partial charge in [0.15, 0.2) is 0 Å². The standard InChI is InChI=1S/C73H67B3N2O4S/c1-83-78-58-28-63-55(26-53(58)75-51-7-3-5-9-61(51)80-65-22-48(20-59(78)69(65)75)72-32-41-13-42(33-72)15-43(14-41)34-72)76-54-25-52-56(27-62(54)81-66-23-49(24-67(82-63)70(66)76)73-35-44-16-45(36-73)18-46(17-44)37-73)77-57-19-47(71-29-38-10-39(30-71)12-40(11-38)31-71)21-64-68(57)74(52)50-6-2-4-8-60(50)79-64/h2-9,19-28,38-46,77H,10-18,29-37H2,1H3. The van der Waals surface area contributed by atoms with Gasteiger partial charge in [-0.15, -0.1) is 0 Å². The molecule has 6 aliphatic heterocycles. The fraction of sp³-hybridized carbons (Fsp3) is 0.425. The van der Waals surface area contributed by atoms with Crippen molar-refractivity contribution >= 4 is 104 Å². The van der Waals surface area contributed by atoms with Gasteiger partial charge in [0, 0.05) is 35.2 Å². The molecule has 0 spiro atoms. The van der Waals surface area contributed by atoms with Crippen LogP contribution < -0.4 is 77.7 Å². The van der Waals surface area contributed by atoms with Crippen LogP contribution in [0.1, 0.15) is 132 Å². The van der Waals surface area contributed by atoms with Crippen molar-refractivity contribution in [2.24, 2.45) is 53.3 Å². The Labute approximate surface area is 492 Å². The van der Waals surface area contributed by atoms with Crippen molar-refractivity contribution in [3.8, 4) is 46.0 Å². The lowest BCUT2D eigenvalue weighted by Gasteiger charge is -2.57. The second-order valence-corrected chi connectivity index (χ2v) is 31.4. The topological polar surface area (TPSA) is 52.2 Å². The molecule has 83 heavy (non-hydrogen) atoms. The molecule has 12 bridgehead atoms. The Hall–Kier alpha value is -6.12. The normalized spacial score (nSPS) is 33.7. The van der Waals surface area contributed by atoms with E-state index in [-0.39, 0.29) is 36.4 Å². The zero-order chi connectivity index (χ0) is 53.6. The van der Waals surface area contributed by atoms with Crippen LogP contribution in [0, 0.1) is 53.3 Å². The molecule has 0 saturated heterocycles. The number of hydrogen-bond donors (Lipinski definition) is 1. The van der Waals surface area contributed by atoms with Gasteiger partial charge in [-0.05, 0) is 306 Å². The van der Waals surface area contributed by atoms with Crippen LogP contribution in [-0.2, 0) is 16.2 Å². The second kappa shape index (κ2) is 15.7. The Bertz CT molecular complexity index is 4050. The number of rotatable bonds is 4. The van der Waals surface area contributed by atoms with Gasteiger partial charge in [-0.2, -0.15) is 0 Å². The Balaban J connectivity index is 0.744. The summed E-state index contributed by atoms with van der Waals surface area (Å²) in [6.45, 7) is -0.103. The average Bonchev–Trinajstić information content (AvgIpc) is 1.46. The zero-order valence-electron chi connectivity index (χ0n) is 47.5. The molecule has 0 unspecified atom stereocenters. The molecule has 12 fully saturated rings. The third kappa shape index (κ3) is 6.09. The van der Waals surface area contributed by atoms with Crippen molar-refractivity contribution in [1.29, 1.82) is 0 Å². The van der Waals surface area contributed by atoms with Crippen LogP contribution >= 0.6 is 11.9 Å². The molecular formula is C73H67B3N2O4S. The fourth-order valence-electron chi connectivity index (χ4n) is 24.2. The van der Waals surface area contributed by atoms with Crippen LogP contribution in [-0.4, -0.2) is 26.4 Å². The summed E-state index contributed by atoms with van der Waals surface area (Å²) >= 11 is 1.84. The minimum Gasteiger partial charge on any atom is -0.458 e. The predicted molar refractivity (Wildman–Crippen MR) is 338 cm³/mol. The van der Waals surface area contributed by atoms with E-state index in [2.05, 4.69) is 125 Å². The predicted octanol–water partition coefficient (Wildman–Crippen LogP) is 11.8. The summed E-state index contributed by atoms with van der Waals surface area (Å²) in [6.07, 6.45) is 27.0. The van der Waals surface area contributed by atoms with E-state index in [1.165, 1.54) is 198 Å². The van der Waals surface area contributed by atoms with Gasteiger partial charge in [-0.1, -0.05) is 48.5 Å². The number of fused-ring (bicyclic) bond motifs is 12. The molecule has 408 valence electrons. The number of para-hydroxylation sites is 2. The lowest BCUT2D eigenvalue weighted by Crippen LogP contribution is -2.64. The number of anilines is 4. The van der Waals surface area contributed by atoms with E-state index in [9.17, 15) is 0 Å². The van der Waals surface area contributed by atoms with Gasteiger partial charge in [0.2, 0.25) is 0 Å². The van der Waals surface area contributed by atoms with Crippen molar-refractivity contribution < 1.29 is 18.9 Å². The molecule has 12 aliphatic carbocycles. The maximum Gasteiger partial charge on any atom is 0.260 e. The summed E-state index contributed by atoms with van der Waals surface area (Å²) < 4.78 is 32.2. The molecule has 10 heteroatoms. The van der Waals surface area contributed by atoms with Crippen molar-refractivity contribution in [3.05, 3.63) is 126 Å². The Kier molecular flexibility index (Phi) is 8.71. The monoisotopic (exact) mass is 1100 g/mol. The smallest absolute Gasteiger partial charge is 0.260 e. The highest BCUT2D eigenvalue weighted by molar-refractivity contribution is 8.00. The Morgan fingerprint density at radius 1 is 0.361 bits per heavy atom. The van der Waals surface area contributed by atoms with Gasteiger partial charge < -0.3 is 24.3 Å². The summed E-state index contributed by atoms with van der Waals surface area (Å²) in [7, 11) is 0. The van der Waals surface area contributed by atoms with E-state index in [0.717, 1.165) is 105 Å². The van der Waals surface area contributed by atoms with Crippen LogP contribution in [0.25, 0.3) is 0 Å². The van der Waals surface area contributed by atoms with E-state index in [1.54, 1.807) is 0 Å². The maximum absolute atomic E-state index is 7.66. The van der Waals surface area contributed by atoms with E-state index in [0.29, 0.717) is 0 Å². The molecule has 0 amide bonds. The average molecular weight is 1100 g/mol. The molecule has 1 N–H and O–H groups in total. The lowest BCUT2D eigenvalue weighted by atomic mass is 9.30. The summed E-state index contributed by atoms with van der Waals surface area (Å²) in [6, 6.07) is 43.1. The molecule has 0 atom stereocenters. The van der Waals surface area contributed by atoms with Crippen LogP contribution in [0.5, 0.6) is 46.0 Å². The summed E-state index contributed by atoms with van der Waals surface area (Å²) in [5.41, 5.74) is 21.3. The first-order valence-corrected chi connectivity index (χ1v) is 33.8. The molecule has 7 aromatic rings. The number of hydrogen-bond acceptors (Lipinski definition) is 7. The van der Waals surface area contributed by atoms with Gasteiger partial charge in [0.05, 0.1) is 11.4 Å². The minimum absolute atomic E-state index is 0.00224. The molecule has 18 aliphatic rings. The summed E-state index contributed by atoms with van der Waals surface area (Å²) in [5, 5.41) is 4.17. The van der Waals surface area contributed by atoms with Gasteiger partial charge in [-0.25, -0.2) is 0 Å². The Morgan fingerprint density at radius 2 is 0.759 bits per heavy atom. The third-order valence-corrected chi connectivity index (χ3v) is 26.8. The molecule has 25 rings (SSSR count). The third-order valence-electron chi connectivity index (χ3n) is 26.0. The van der Waals surface area contributed by atoms with Crippen LogP contribution in [0.4, 0.5) is 22.7 Å². The van der Waals surface area contributed by atoms with Crippen molar-refractivity contribution in [2.45, 2.75) is 132 Å². The quantitative estimate of drug-likeness (QED) is 0.139. The van der Waals surface area contributed by atoms with Crippen molar-refractivity contribution in [2.75, 3.05) is 15.9 Å². The molecule has 6 heterocycles. The molecule has 7 aromatic carbocycles. The number of ether oxygens (including phenoxy) is 4. The van der Waals surface area contributed by atoms with Gasteiger partial charge >= 0.3 is 0 Å². The minimum atomic E-state index is -0.111. The number of benzene rings is 7. The molecule has 12 saturated carbocycles. The second-order valence-electron chi connectivity index (χ2n) is 30.6. The van der Waals surface area contributed by atoms with Crippen LogP contribution in [0.2, 0.25) is 0 Å². The van der Waals surface area contributed by atoms with Crippen molar-refractivity contribution in [1.82, 2.24) is 0 Å². The fourth-order valence-corrected chi connectivity index (χ4v) is 24.9. The lowest BCUT2D eigenvalue weighted by molar-refractivity contribution is -0.00540. The molecule has 0 radical (unpaired) electrons. The molecule has 6 nitrogen and oxygen atoms in total. The number of nitrogens with one attached hydrogen (secondary N) is 1. The van der Waals surface area contributed by atoms with E-state index in [1.807, 2.05) is 11.9 Å². The van der Waals surface area contributed by atoms with Crippen LogP contribution in [0.15, 0.2) is 109 Å². The van der Waals surface area contributed by atoms with Gasteiger partial charge in [0.1, 0.15) is 46.0 Å². The van der Waals surface area contributed by atoms with Gasteiger partial charge in [0.25, 0.3) is 20.1 Å². The highest BCUT2D eigenvalue weighted by Crippen LogP contribution is 2.65. The first-order valence-electron chi connectivity index (χ1n) is 32.7. The first kappa shape index (κ1) is 46.2. The first-order chi connectivity index (χ1) is 40.7. The molecule has 0 aromatic heterocycles. The van der Waals surface area contributed by atoms with E-state index >= 15 is 0 Å². The number of nitrogens with zero attached hydrogens (tertiary/aromatic N) is 1. The van der Waals surface area contributed by atoms with Crippen LogP contribution in [0.3, 0.4) is 0 Å². The van der Waals surface area contributed by atoms with E-state index < -0.39 is 0 Å². The Morgan fingerprint density at radius 3 is 1.27 bits per heavy atom. The maximum atomic E-state index is 7.66. The SMILES string of the molecule is CSN1c2cc3c(cc2B2c4ccccc4Oc4cc(C56CC7CC(CC(C7)C5)C6)cc1c42)B1c2cc4c(cc2Oc2cc(C56CC7CC(CC(C7)C5)C6)cc(c21)O3)Nc1cc(C23CC5CC(CC(C5)C2)C3)cc2c1B4c1ccccc1O2. The zero-order valence-corrected chi connectivity index (χ0v) is 48.4. The summed E-state index contributed by atoms with van der Waals surface area (Å²) in [4.78, 5) is 0. The largest absolute Gasteiger partial charge is 0.458 e. The van der Waals surface area contributed by atoms with E-state index in [4.69, 9.17) is 18.9 Å². The van der Waals surface area contributed by atoms with Gasteiger partial charge in [-0.3, -0.25) is 4.31 Å². The highest BCUT2D eigenvalue weighted by Gasteiger charge is 2.57. The summed E-state index contributed by atoms with van der Waals surface area (Å²) in [5.74, 6) is 15.6.